The van der Waals surface area contributed by atoms with E-state index in [1.165, 1.54) is 6.26 Å². The van der Waals surface area contributed by atoms with Gasteiger partial charge in [-0.15, -0.1) is 0 Å². The Kier molecular flexibility index (Phi) is 3.88. The minimum atomic E-state index is -2.90. The highest BCUT2D eigenvalue weighted by Crippen LogP contribution is 2.09. The van der Waals surface area contributed by atoms with Gasteiger partial charge in [-0.05, 0) is 28.1 Å². The molecule has 0 radical (unpaired) electrons. The van der Waals surface area contributed by atoms with Crippen LogP contribution in [0, 0.1) is 0 Å². The van der Waals surface area contributed by atoms with E-state index in [1.54, 1.807) is 12.3 Å². The number of halogens is 1. The molecule has 0 spiro atoms. The van der Waals surface area contributed by atoms with Gasteiger partial charge in [0.05, 0.1) is 5.75 Å². The minimum absolute atomic E-state index is 0.116. The summed E-state index contributed by atoms with van der Waals surface area (Å²) >= 11 is 3.26. The molecule has 0 saturated carbocycles. The van der Waals surface area contributed by atoms with Crippen molar-refractivity contribution in [3.05, 3.63) is 22.8 Å². The van der Waals surface area contributed by atoms with Gasteiger partial charge >= 0.3 is 0 Å². The lowest BCUT2D eigenvalue weighted by Crippen LogP contribution is -2.14. The van der Waals surface area contributed by atoms with E-state index in [1.807, 2.05) is 6.07 Å². The smallest absolute Gasteiger partial charge is 0.149 e. The normalized spacial score (nSPS) is 11.3. The number of sulfone groups is 1. The molecule has 6 heteroatoms. The summed E-state index contributed by atoms with van der Waals surface area (Å²) in [6.45, 7) is 0.382. The van der Waals surface area contributed by atoms with Crippen molar-refractivity contribution in [3.63, 3.8) is 0 Å². The number of hydrogen-bond donors (Lipinski definition) is 1. The van der Waals surface area contributed by atoms with Crippen LogP contribution in [0.4, 0.5) is 5.82 Å². The summed E-state index contributed by atoms with van der Waals surface area (Å²) in [4.78, 5) is 4.05. The molecule has 14 heavy (non-hydrogen) atoms. The van der Waals surface area contributed by atoms with Gasteiger partial charge in [0.1, 0.15) is 15.7 Å². The highest BCUT2D eigenvalue weighted by atomic mass is 79.9. The number of pyridine rings is 1. The number of rotatable bonds is 4. The second-order valence-electron chi connectivity index (χ2n) is 2.92. The van der Waals surface area contributed by atoms with E-state index in [4.69, 9.17) is 0 Å². The zero-order valence-corrected chi connectivity index (χ0v) is 10.1. The first kappa shape index (κ1) is 11.5. The lowest BCUT2D eigenvalue weighted by molar-refractivity contribution is 0.602. The van der Waals surface area contributed by atoms with Gasteiger partial charge in [0.2, 0.25) is 0 Å². The Morgan fingerprint density at radius 1 is 1.50 bits per heavy atom. The predicted octanol–water partition coefficient (Wildman–Crippen LogP) is 1.30. The molecule has 0 aliphatic heterocycles. The van der Waals surface area contributed by atoms with Crippen LogP contribution in [0.15, 0.2) is 22.8 Å². The van der Waals surface area contributed by atoms with Crippen LogP contribution in [-0.2, 0) is 9.84 Å². The van der Waals surface area contributed by atoms with E-state index in [-0.39, 0.29) is 5.75 Å². The molecule has 0 aliphatic carbocycles. The zero-order chi connectivity index (χ0) is 10.6. The summed E-state index contributed by atoms with van der Waals surface area (Å²) in [5.41, 5.74) is 0. The van der Waals surface area contributed by atoms with E-state index < -0.39 is 9.84 Å². The molecule has 1 heterocycles. The molecule has 0 fully saturated rings. The molecule has 0 amide bonds. The Balaban J connectivity index is 2.43. The summed E-state index contributed by atoms with van der Waals surface area (Å²) in [5, 5.41) is 2.92. The van der Waals surface area contributed by atoms with Crippen molar-refractivity contribution < 1.29 is 8.42 Å². The molecule has 0 bridgehead atoms. The third-order valence-electron chi connectivity index (χ3n) is 1.51. The van der Waals surface area contributed by atoms with Crippen LogP contribution in [0.1, 0.15) is 0 Å². The van der Waals surface area contributed by atoms with Crippen LogP contribution in [-0.4, -0.2) is 32.0 Å². The SMILES string of the molecule is CS(=O)(=O)CCNc1ccc(Br)cn1. The molecule has 1 aromatic rings. The second-order valence-corrected chi connectivity index (χ2v) is 6.09. The first-order valence-corrected chi connectivity index (χ1v) is 6.86. The minimum Gasteiger partial charge on any atom is -0.369 e. The third kappa shape index (κ3) is 4.57. The summed E-state index contributed by atoms with van der Waals surface area (Å²) in [7, 11) is -2.90. The molecule has 1 N–H and O–H groups in total. The van der Waals surface area contributed by atoms with Crippen LogP contribution in [0.2, 0.25) is 0 Å². The van der Waals surface area contributed by atoms with Crippen molar-refractivity contribution in [2.45, 2.75) is 0 Å². The molecule has 1 rings (SSSR count). The number of hydrogen-bond acceptors (Lipinski definition) is 4. The quantitative estimate of drug-likeness (QED) is 0.902. The topological polar surface area (TPSA) is 59.1 Å². The predicted molar refractivity (Wildman–Crippen MR) is 60.1 cm³/mol. The molecule has 0 atom stereocenters. The van der Waals surface area contributed by atoms with Gasteiger partial charge in [-0.1, -0.05) is 0 Å². The molecule has 0 aromatic carbocycles. The fourth-order valence-corrected chi connectivity index (χ4v) is 1.55. The summed E-state index contributed by atoms with van der Waals surface area (Å²) in [5.74, 6) is 0.793. The monoisotopic (exact) mass is 278 g/mol. The van der Waals surface area contributed by atoms with Gasteiger partial charge < -0.3 is 5.32 Å². The third-order valence-corrected chi connectivity index (χ3v) is 2.92. The van der Waals surface area contributed by atoms with Crippen LogP contribution < -0.4 is 5.32 Å². The summed E-state index contributed by atoms with van der Waals surface area (Å²) in [6, 6.07) is 3.63. The molecule has 4 nitrogen and oxygen atoms in total. The van der Waals surface area contributed by atoms with Gasteiger partial charge in [-0.2, -0.15) is 0 Å². The fourth-order valence-electron chi connectivity index (χ4n) is 0.845. The Labute approximate surface area is 91.8 Å². The number of nitrogens with zero attached hydrogens (tertiary/aromatic N) is 1. The van der Waals surface area contributed by atoms with E-state index in [2.05, 4.69) is 26.2 Å². The average molecular weight is 279 g/mol. The van der Waals surface area contributed by atoms with E-state index in [0.29, 0.717) is 12.4 Å². The molecular weight excluding hydrogens is 268 g/mol. The molecule has 0 aliphatic rings. The number of aromatic nitrogens is 1. The van der Waals surface area contributed by atoms with Crippen molar-refractivity contribution in [2.75, 3.05) is 23.9 Å². The van der Waals surface area contributed by atoms with Crippen LogP contribution in [0.3, 0.4) is 0 Å². The van der Waals surface area contributed by atoms with E-state index in [0.717, 1.165) is 4.47 Å². The number of nitrogens with one attached hydrogen (secondary N) is 1. The lowest BCUT2D eigenvalue weighted by Gasteiger charge is -2.03. The van der Waals surface area contributed by atoms with Crippen LogP contribution in [0.5, 0.6) is 0 Å². The summed E-state index contributed by atoms with van der Waals surface area (Å²) < 4.78 is 22.5. The molecule has 1 aromatic heterocycles. The Bertz CT molecular complexity index is 388. The maximum absolute atomic E-state index is 10.8. The molecule has 78 valence electrons. The standard InChI is InChI=1S/C8H11BrN2O2S/c1-14(12,13)5-4-10-8-3-2-7(9)6-11-8/h2-3,6H,4-5H2,1H3,(H,10,11). The molecular formula is C8H11BrN2O2S. The Morgan fingerprint density at radius 3 is 2.71 bits per heavy atom. The van der Waals surface area contributed by atoms with Gasteiger partial charge in [0.15, 0.2) is 0 Å². The van der Waals surface area contributed by atoms with Crippen molar-refractivity contribution in [3.8, 4) is 0 Å². The zero-order valence-electron chi connectivity index (χ0n) is 7.70. The second kappa shape index (κ2) is 4.75. The van der Waals surface area contributed by atoms with Gasteiger partial charge in [-0.3, -0.25) is 0 Å². The maximum atomic E-state index is 10.8. The van der Waals surface area contributed by atoms with Crippen molar-refractivity contribution in [1.29, 1.82) is 0 Å². The average Bonchev–Trinajstić information content (AvgIpc) is 2.06. The Hall–Kier alpha value is -0.620. The van der Waals surface area contributed by atoms with Crippen molar-refractivity contribution in [2.24, 2.45) is 0 Å². The van der Waals surface area contributed by atoms with Gasteiger partial charge in [0.25, 0.3) is 0 Å². The van der Waals surface area contributed by atoms with E-state index in [9.17, 15) is 8.42 Å². The van der Waals surface area contributed by atoms with Crippen LogP contribution in [0.25, 0.3) is 0 Å². The van der Waals surface area contributed by atoms with Crippen molar-refractivity contribution in [1.82, 2.24) is 4.98 Å². The first-order chi connectivity index (χ1) is 6.47. The highest BCUT2D eigenvalue weighted by Gasteiger charge is 2.01. The molecule has 0 unspecified atom stereocenters. The van der Waals surface area contributed by atoms with Gasteiger partial charge in [0, 0.05) is 23.5 Å². The largest absolute Gasteiger partial charge is 0.369 e. The van der Waals surface area contributed by atoms with Crippen molar-refractivity contribution >= 4 is 31.6 Å². The van der Waals surface area contributed by atoms with E-state index >= 15 is 0 Å². The highest BCUT2D eigenvalue weighted by molar-refractivity contribution is 9.10. The lowest BCUT2D eigenvalue weighted by atomic mass is 10.4. The first-order valence-electron chi connectivity index (χ1n) is 4.00. The molecule has 0 saturated heterocycles. The number of anilines is 1. The Morgan fingerprint density at radius 2 is 2.21 bits per heavy atom. The summed E-state index contributed by atoms with van der Waals surface area (Å²) in [6.07, 6.45) is 2.87. The fraction of sp³-hybridized carbons (Fsp3) is 0.375. The maximum Gasteiger partial charge on any atom is 0.149 e. The van der Waals surface area contributed by atoms with Crippen LogP contribution >= 0.6 is 15.9 Å². The van der Waals surface area contributed by atoms with Gasteiger partial charge in [-0.25, -0.2) is 13.4 Å².